The summed E-state index contributed by atoms with van der Waals surface area (Å²) in [6, 6.07) is 16.8. The number of aryl methyl sites for hydroxylation is 1. The van der Waals surface area contributed by atoms with Gasteiger partial charge < -0.3 is 20.1 Å². The highest BCUT2D eigenvalue weighted by atomic mass is 16.5. The molecule has 5 aromatic rings. The topological polar surface area (TPSA) is 103 Å². The van der Waals surface area contributed by atoms with Crippen LogP contribution in [0.25, 0.3) is 16.8 Å². The standard InChI is InChI=1S/C30H30N6O2/c31-29-28-27(22-7-6-21-8-9-24(38-25(21)16-22)20-4-2-1-3-5-20)34-30(36(28)13-11-33-29)23-14-19(15-23)17-35-12-10-32-26(35)18-37/h1-7,10-13,16,19,23-24,37H,8-9,14-15,17-18H2,(H2,31,33)/t19-,23+,24?. The number of fused-ring (bicyclic) bond motifs is 2. The highest BCUT2D eigenvalue weighted by molar-refractivity contribution is 5.86. The van der Waals surface area contributed by atoms with Crippen LogP contribution in [0.3, 0.4) is 0 Å². The first-order valence-electron chi connectivity index (χ1n) is 13.3. The average molecular weight is 507 g/mol. The summed E-state index contributed by atoms with van der Waals surface area (Å²) in [7, 11) is 0. The molecular formula is C30H30N6O2. The van der Waals surface area contributed by atoms with Crippen LogP contribution in [-0.2, 0) is 19.6 Å². The Kier molecular flexibility index (Phi) is 5.62. The molecule has 8 heteroatoms. The van der Waals surface area contributed by atoms with Crippen LogP contribution in [0, 0.1) is 5.92 Å². The molecule has 1 unspecified atom stereocenters. The van der Waals surface area contributed by atoms with E-state index in [1.165, 1.54) is 11.1 Å². The monoisotopic (exact) mass is 506 g/mol. The second-order valence-corrected chi connectivity index (χ2v) is 10.4. The van der Waals surface area contributed by atoms with E-state index >= 15 is 0 Å². The molecule has 0 saturated heterocycles. The van der Waals surface area contributed by atoms with Crippen molar-refractivity contribution in [1.29, 1.82) is 0 Å². The third kappa shape index (κ3) is 3.92. The summed E-state index contributed by atoms with van der Waals surface area (Å²) < 4.78 is 10.6. The molecule has 2 aliphatic rings. The van der Waals surface area contributed by atoms with Crippen molar-refractivity contribution in [3.8, 4) is 17.0 Å². The fraction of sp³-hybridized carbons (Fsp3) is 0.300. The molecule has 8 nitrogen and oxygen atoms in total. The summed E-state index contributed by atoms with van der Waals surface area (Å²) in [5.41, 5.74) is 11.5. The summed E-state index contributed by atoms with van der Waals surface area (Å²) >= 11 is 0. The lowest BCUT2D eigenvalue weighted by Gasteiger charge is -2.35. The van der Waals surface area contributed by atoms with Gasteiger partial charge in [0, 0.05) is 42.8 Å². The zero-order chi connectivity index (χ0) is 25.6. The van der Waals surface area contributed by atoms with Gasteiger partial charge in [0.05, 0.1) is 0 Å². The van der Waals surface area contributed by atoms with Crippen molar-refractivity contribution in [3.05, 3.63) is 96.1 Å². The maximum absolute atomic E-state index is 9.52. The number of aromatic nitrogens is 5. The van der Waals surface area contributed by atoms with Crippen LogP contribution in [0.2, 0.25) is 0 Å². The van der Waals surface area contributed by atoms with Crippen molar-refractivity contribution in [2.75, 3.05) is 5.73 Å². The fourth-order valence-electron chi connectivity index (χ4n) is 6.03. The number of anilines is 1. The first kappa shape index (κ1) is 23.0. The summed E-state index contributed by atoms with van der Waals surface area (Å²) in [5.74, 6) is 3.97. The van der Waals surface area contributed by atoms with E-state index in [1.807, 2.05) is 23.0 Å². The number of benzene rings is 2. The molecule has 192 valence electrons. The maximum Gasteiger partial charge on any atom is 0.150 e. The number of imidazole rings is 2. The molecule has 4 heterocycles. The molecule has 7 rings (SSSR count). The molecule has 2 aromatic carbocycles. The van der Waals surface area contributed by atoms with Crippen molar-refractivity contribution in [3.63, 3.8) is 0 Å². The van der Waals surface area contributed by atoms with Crippen LogP contribution in [0.5, 0.6) is 5.75 Å². The highest BCUT2D eigenvalue weighted by Crippen LogP contribution is 2.45. The van der Waals surface area contributed by atoms with E-state index in [4.69, 9.17) is 15.5 Å². The van der Waals surface area contributed by atoms with Crippen molar-refractivity contribution in [2.24, 2.45) is 5.92 Å². The zero-order valence-corrected chi connectivity index (χ0v) is 21.1. The SMILES string of the molecule is Nc1nccn2c1c(-c1ccc3c(c1)OC(c1ccccc1)CC3)nc2[C@H]1C[C@@H](Cn2ccnc2CO)C1. The van der Waals surface area contributed by atoms with Crippen LogP contribution in [0.4, 0.5) is 5.82 Å². The lowest BCUT2D eigenvalue weighted by atomic mass is 9.74. The molecule has 0 radical (unpaired) electrons. The van der Waals surface area contributed by atoms with Crippen molar-refractivity contribution in [2.45, 2.75) is 50.9 Å². The van der Waals surface area contributed by atoms with E-state index in [9.17, 15) is 5.11 Å². The van der Waals surface area contributed by atoms with Crippen LogP contribution < -0.4 is 10.5 Å². The van der Waals surface area contributed by atoms with Gasteiger partial charge in [0.25, 0.3) is 0 Å². The van der Waals surface area contributed by atoms with Gasteiger partial charge in [-0.25, -0.2) is 15.0 Å². The number of aliphatic hydroxyl groups is 1. The van der Waals surface area contributed by atoms with Crippen molar-refractivity contribution < 1.29 is 9.84 Å². The summed E-state index contributed by atoms with van der Waals surface area (Å²) in [6.45, 7) is 0.817. The van der Waals surface area contributed by atoms with Crippen LogP contribution >= 0.6 is 0 Å². The minimum absolute atomic E-state index is 0.0414. The van der Waals surface area contributed by atoms with Crippen LogP contribution in [0.1, 0.15) is 54.1 Å². The molecule has 1 fully saturated rings. The quantitative estimate of drug-likeness (QED) is 0.339. The first-order valence-corrected chi connectivity index (χ1v) is 13.3. The van der Waals surface area contributed by atoms with Gasteiger partial charge in [-0.1, -0.05) is 42.5 Å². The number of rotatable bonds is 6. The van der Waals surface area contributed by atoms with Crippen molar-refractivity contribution >= 4 is 11.3 Å². The molecule has 0 bridgehead atoms. The van der Waals surface area contributed by atoms with Gasteiger partial charge in [0.1, 0.15) is 47.1 Å². The molecule has 0 spiro atoms. The Morgan fingerprint density at radius 2 is 1.87 bits per heavy atom. The molecule has 38 heavy (non-hydrogen) atoms. The number of hydrogen-bond donors (Lipinski definition) is 2. The Labute approximate surface area is 220 Å². The van der Waals surface area contributed by atoms with E-state index in [0.29, 0.717) is 23.5 Å². The minimum Gasteiger partial charge on any atom is -0.485 e. The molecule has 1 aliphatic carbocycles. The molecule has 1 aliphatic heterocycles. The van der Waals surface area contributed by atoms with Gasteiger partial charge in [-0.05, 0) is 48.8 Å². The van der Waals surface area contributed by atoms with E-state index < -0.39 is 0 Å². The largest absolute Gasteiger partial charge is 0.485 e. The third-order valence-electron chi connectivity index (χ3n) is 8.07. The number of nitrogens with two attached hydrogens (primary N) is 1. The highest BCUT2D eigenvalue weighted by Gasteiger charge is 2.35. The van der Waals surface area contributed by atoms with E-state index in [2.05, 4.69) is 56.8 Å². The fourth-order valence-corrected chi connectivity index (χ4v) is 6.03. The predicted octanol–water partition coefficient (Wildman–Crippen LogP) is 4.93. The second kappa shape index (κ2) is 9.29. The maximum atomic E-state index is 9.52. The van der Waals surface area contributed by atoms with Gasteiger partial charge in [-0.2, -0.15) is 0 Å². The Morgan fingerprint density at radius 1 is 1.03 bits per heavy atom. The molecule has 3 N–H and O–H groups in total. The van der Waals surface area contributed by atoms with E-state index in [0.717, 1.165) is 60.6 Å². The third-order valence-corrected chi connectivity index (χ3v) is 8.07. The number of nitrogens with zero attached hydrogens (tertiary/aromatic N) is 5. The summed E-state index contributed by atoms with van der Waals surface area (Å²) in [6.07, 6.45) is 11.4. The molecule has 0 amide bonds. The molecule has 1 atom stereocenters. The Morgan fingerprint density at radius 3 is 2.71 bits per heavy atom. The Balaban J connectivity index is 1.18. The Hall–Kier alpha value is -4.17. The number of aliphatic hydroxyl groups excluding tert-OH is 1. The average Bonchev–Trinajstić information content (AvgIpc) is 3.55. The second-order valence-electron chi connectivity index (χ2n) is 10.4. The Bertz CT molecular complexity index is 1600. The predicted molar refractivity (Wildman–Crippen MR) is 145 cm³/mol. The van der Waals surface area contributed by atoms with E-state index in [-0.39, 0.29) is 12.7 Å². The van der Waals surface area contributed by atoms with Gasteiger partial charge in [0.2, 0.25) is 0 Å². The van der Waals surface area contributed by atoms with Crippen LogP contribution in [0.15, 0.2) is 73.3 Å². The van der Waals surface area contributed by atoms with Gasteiger partial charge in [0.15, 0.2) is 0 Å². The number of nitrogen functional groups attached to an aromatic ring is 1. The summed E-state index contributed by atoms with van der Waals surface area (Å²) in [5, 5.41) is 9.52. The van der Waals surface area contributed by atoms with Crippen molar-refractivity contribution in [1.82, 2.24) is 23.9 Å². The lowest BCUT2D eigenvalue weighted by molar-refractivity contribution is 0.177. The van der Waals surface area contributed by atoms with Crippen LogP contribution in [-0.4, -0.2) is 29.0 Å². The smallest absolute Gasteiger partial charge is 0.150 e. The van der Waals surface area contributed by atoms with Gasteiger partial charge in [-0.3, -0.25) is 4.40 Å². The van der Waals surface area contributed by atoms with E-state index in [1.54, 1.807) is 12.4 Å². The first-order chi connectivity index (χ1) is 18.7. The van der Waals surface area contributed by atoms with Gasteiger partial charge >= 0.3 is 0 Å². The molecule has 1 saturated carbocycles. The number of hydrogen-bond acceptors (Lipinski definition) is 6. The lowest BCUT2D eigenvalue weighted by Crippen LogP contribution is -2.27. The zero-order valence-electron chi connectivity index (χ0n) is 21.1. The minimum atomic E-state index is -0.0414. The molecule has 3 aromatic heterocycles. The summed E-state index contributed by atoms with van der Waals surface area (Å²) in [4.78, 5) is 13.8. The number of ether oxygens (including phenoxy) is 1. The normalized spacial score (nSPS) is 20.6. The van der Waals surface area contributed by atoms with Gasteiger partial charge in [-0.15, -0.1) is 0 Å². The molecular weight excluding hydrogens is 476 g/mol.